The van der Waals surface area contributed by atoms with Crippen LogP contribution in [-0.2, 0) is 6.54 Å². The first-order valence-electron chi connectivity index (χ1n) is 6.09. The van der Waals surface area contributed by atoms with Crippen LogP contribution in [0.3, 0.4) is 0 Å². The van der Waals surface area contributed by atoms with Gasteiger partial charge in [-0.3, -0.25) is 0 Å². The highest BCUT2D eigenvalue weighted by Gasteiger charge is 2.13. The Labute approximate surface area is 120 Å². The van der Waals surface area contributed by atoms with Crippen molar-refractivity contribution in [3.05, 3.63) is 51.1 Å². The molecule has 0 amide bonds. The Hall–Kier alpha value is -1.20. The predicted molar refractivity (Wildman–Crippen MR) is 75.3 cm³/mol. The van der Waals surface area contributed by atoms with Crippen LogP contribution >= 0.6 is 15.9 Å². The highest BCUT2D eigenvalue weighted by atomic mass is 79.9. The summed E-state index contributed by atoms with van der Waals surface area (Å²) in [6, 6.07) is 4.82. The van der Waals surface area contributed by atoms with E-state index in [9.17, 15) is 4.39 Å². The number of benzene rings is 1. The van der Waals surface area contributed by atoms with Crippen LogP contribution in [0.2, 0.25) is 0 Å². The Morgan fingerprint density at radius 1 is 1.42 bits per heavy atom. The molecule has 0 spiro atoms. The van der Waals surface area contributed by atoms with E-state index in [-0.39, 0.29) is 11.9 Å². The summed E-state index contributed by atoms with van der Waals surface area (Å²) in [4.78, 5) is 0. The second kappa shape index (κ2) is 5.84. The highest BCUT2D eigenvalue weighted by Crippen LogP contribution is 2.24. The molecule has 0 fully saturated rings. The molecule has 1 heterocycles. The lowest BCUT2D eigenvalue weighted by atomic mass is 10.1. The number of hydrogen-bond donors (Lipinski definition) is 1. The number of halogens is 2. The second-order valence-electron chi connectivity index (χ2n) is 4.57. The first kappa shape index (κ1) is 14.2. The molecule has 0 bridgehead atoms. The van der Waals surface area contributed by atoms with Gasteiger partial charge in [0, 0.05) is 22.6 Å². The lowest BCUT2D eigenvalue weighted by Crippen LogP contribution is -2.19. The third kappa shape index (κ3) is 3.22. The molecule has 1 unspecified atom stereocenters. The Kier molecular flexibility index (Phi) is 4.37. The number of rotatable bonds is 4. The fourth-order valence-corrected chi connectivity index (χ4v) is 2.67. The maximum absolute atomic E-state index is 13.1. The van der Waals surface area contributed by atoms with Crippen LogP contribution in [0.15, 0.2) is 27.2 Å². The summed E-state index contributed by atoms with van der Waals surface area (Å²) < 4.78 is 18.9. The minimum atomic E-state index is -0.242. The van der Waals surface area contributed by atoms with Crippen molar-refractivity contribution in [2.75, 3.05) is 0 Å². The molecule has 0 saturated carbocycles. The zero-order chi connectivity index (χ0) is 14.0. The summed E-state index contributed by atoms with van der Waals surface area (Å²) in [7, 11) is 0. The van der Waals surface area contributed by atoms with Crippen molar-refractivity contribution in [3.63, 3.8) is 0 Å². The van der Waals surface area contributed by atoms with Crippen LogP contribution in [0, 0.1) is 19.7 Å². The van der Waals surface area contributed by atoms with Gasteiger partial charge in [-0.25, -0.2) is 4.39 Å². The van der Waals surface area contributed by atoms with Gasteiger partial charge in [0.1, 0.15) is 11.6 Å². The number of nitrogens with zero attached hydrogens (tertiary/aromatic N) is 1. The van der Waals surface area contributed by atoms with Crippen molar-refractivity contribution in [1.29, 1.82) is 0 Å². The Balaban J connectivity index is 2.07. The van der Waals surface area contributed by atoms with Crippen molar-refractivity contribution < 1.29 is 8.91 Å². The van der Waals surface area contributed by atoms with Gasteiger partial charge in [0.15, 0.2) is 0 Å². The maximum Gasteiger partial charge on any atom is 0.138 e. The summed E-state index contributed by atoms with van der Waals surface area (Å²) in [5, 5.41) is 7.31. The van der Waals surface area contributed by atoms with E-state index < -0.39 is 0 Å². The van der Waals surface area contributed by atoms with Crippen molar-refractivity contribution in [2.24, 2.45) is 0 Å². The number of hydrogen-bond acceptors (Lipinski definition) is 3. The lowest BCUT2D eigenvalue weighted by molar-refractivity contribution is 0.391. The molecule has 19 heavy (non-hydrogen) atoms. The molecule has 0 aliphatic carbocycles. The van der Waals surface area contributed by atoms with Gasteiger partial charge in [-0.15, -0.1) is 0 Å². The SMILES string of the molecule is Cc1noc(C)c1CNC(C)c1ccc(F)cc1Br. The van der Waals surface area contributed by atoms with Gasteiger partial charge in [0.25, 0.3) is 0 Å². The van der Waals surface area contributed by atoms with Crippen LogP contribution in [0.25, 0.3) is 0 Å². The van der Waals surface area contributed by atoms with Crippen molar-refractivity contribution in [3.8, 4) is 0 Å². The van der Waals surface area contributed by atoms with Crippen LogP contribution < -0.4 is 5.32 Å². The van der Waals surface area contributed by atoms with Gasteiger partial charge < -0.3 is 9.84 Å². The van der Waals surface area contributed by atoms with Gasteiger partial charge in [-0.05, 0) is 38.5 Å². The first-order chi connectivity index (χ1) is 8.99. The summed E-state index contributed by atoms with van der Waals surface area (Å²) in [6.07, 6.45) is 0. The van der Waals surface area contributed by atoms with E-state index in [1.54, 1.807) is 6.07 Å². The molecule has 0 aliphatic rings. The van der Waals surface area contributed by atoms with E-state index in [1.807, 2.05) is 20.8 Å². The van der Waals surface area contributed by atoms with E-state index in [0.717, 1.165) is 27.1 Å². The van der Waals surface area contributed by atoms with Gasteiger partial charge in [-0.2, -0.15) is 0 Å². The van der Waals surface area contributed by atoms with E-state index in [1.165, 1.54) is 12.1 Å². The van der Waals surface area contributed by atoms with Crippen molar-refractivity contribution in [1.82, 2.24) is 10.5 Å². The van der Waals surface area contributed by atoms with E-state index in [2.05, 4.69) is 26.4 Å². The zero-order valence-electron chi connectivity index (χ0n) is 11.1. The van der Waals surface area contributed by atoms with E-state index >= 15 is 0 Å². The first-order valence-corrected chi connectivity index (χ1v) is 6.88. The van der Waals surface area contributed by atoms with Crippen LogP contribution in [0.5, 0.6) is 0 Å². The molecule has 1 N–H and O–H groups in total. The molecule has 3 nitrogen and oxygen atoms in total. The zero-order valence-corrected chi connectivity index (χ0v) is 12.7. The summed E-state index contributed by atoms with van der Waals surface area (Å²) in [5.41, 5.74) is 2.99. The monoisotopic (exact) mass is 326 g/mol. The Morgan fingerprint density at radius 3 is 2.74 bits per heavy atom. The van der Waals surface area contributed by atoms with Crippen LogP contribution in [-0.4, -0.2) is 5.16 Å². The normalized spacial score (nSPS) is 12.7. The molecule has 0 aliphatic heterocycles. The molecule has 0 saturated heterocycles. The smallest absolute Gasteiger partial charge is 0.138 e. The predicted octanol–water partition coefficient (Wildman–Crippen LogP) is 4.04. The third-order valence-electron chi connectivity index (χ3n) is 3.20. The fraction of sp³-hybridized carbons (Fsp3) is 0.357. The average Bonchev–Trinajstić information content (AvgIpc) is 2.66. The molecule has 2 rings (SSSR count). The number of nitrogens with one attached hydrogen (secondary N) is 1. The van der Waals surface area contributed by atoms with Gasteiger partial charge in [-0.1, -0.05) is 27.2 Å². The molecular formula is C14H16BrFN2O. The minimum absolute atomic E-state index is 0.101. The lowest BCUT2D eigenvalue weighted by Gasteiger charge is -2.15. The van der Waals surface area contributed by atoms with Crippen molar-refractivity contribution >= 4 is 15.9 Å². The van der Waals surface area contributed by atoms with E-state index in [0.29, 0.717) is 6.54 Å². The minimum Gasteiger partial charge on any atom is -0.361 e. The molecule has 5 heteroatoms. The standard InChI is InChI=1S/C14H16BrFN2O/c1-8(12-5-4-11(16)6-14(12)15)17-7-13-9(2)18-19-10(13)3/h4-6,8,17H,7H2,1-3H3. The van der Waals surface area contributed by atoms with Crippen LogP contribution in [0.4, 0.5) is 4.39 Å². The van der Waals surface area contributed by atoms with Gasteiger partial charge >= 0.3 is 0 Å². The molecule has 102 valence electrons. The topological polar surface area (TPSA) is 38.1 Å². The molecular weight excluding hydrogens is 311 g/mol. The molecule has 0 radical (unpaired) electrons. The average molecular weight is 327 g/mol. The summed E-state index contributed by atoms with van der Waals surface area (Å²) >= 11 is 3.38. The molecule has 1 aromatic carbocycles. The fourth-order valence-electron chi connectivity index (χ4n) is 1.97. The highest BCUT2D eigenvalue weighted by molar-refractivity contribution is 9.10. The second-order valence-corrected chi connectivity index (χ2v) is 5.43. The quantitative estimate of drug-likeness (QED) is 0.921. The number of aryl methyl sites for hydroxylation is 2. The largest absolute Gasteiger partial charge is 0.361 e. The van der Waals surface area contributed by atoms with Crippen molar-refractivity contribution in [2.45, 2.75) is 33.4 Å². The Bertz CT molecular complexity index is 563. The van der Waals surface area contributed by atoms with E-state index in [4.69, 9.17) is 4.52 Å². The maximum atomic E-state index is 13.1. The van der Waals surface area contributed by atoms with Crippen LogP contribution in [0.1, 0.15) is 35.5 Å². The van der Waals surface area contributed by atoms with Gasteiger partial charge in [0.2, 0.25) is 0 Å². The summed E-state index contributed by atoms with van der Waals surface area (Å²) in [5.74, 6) is 0.587. The Morgan fingerprint density at radius 2 is 2.16 bits per heavy atom. The molecule has 1 aromatic heterocycles. The summed E-state index contributed by atoms with van der Waals surface area (Å²) in [6.45, 7) is 6.53. The van der Waals surface area contributed by atoms with Gasteiger partial charge in [0.05, 0.1) is 5.69 Å². The molecule has 1 atom stereocenters. The third-order valence-corrected chi connectivity index (χ3v) is 3.88. The molecule has 2 aromatic rings. The number of aromatic nitrogens is 1.